The summed E-state index contributed by atoms with van der Waals surface area (Å²) in [5, 5.41) is 6.97. The summed E-state index contributed by atoms with van der Waals surface area (Å²) in [6, 6.07) is 16.7. The number of piperidine rings is 2. The molecule has 2 atom stereocenters. The van der Waals surface area contributed by atoms with Crippen molar-refractivity contribution in [2.24, 2.45) is 5.92 Å². The van der Waals surface area contributed by atoms with Gasteiger partial charge in [-0.15, -0.1) is 0 Å². The number of hydrogen-bond acceptors (Lipinski definition) is 6. The highest BCUT2D eigenvalue weighted by Gasteiger charge is 2.24. The van der Waals surface area contributed by atoms with Crippen molar-refractivity contribution in [2.75, 3.05) is 34.8 Å². The average Bonchev–Trinajstić information content (AvgIpc) is 3.37. The second-order valence-corrected chi connectivity index (χ2v) is 10.5. The average molecular weight is 505 g/mol. The topological polar surface area (TPSA) is 69.5 Å². The van der Waals surface area contributed by atoms with Crippen molar-refractivity contribution in [3.05, 3.63) is 54.3 Å². The van der Waals surface area contributed by atoms with Crippen LogP contribution in [0.5, 0.6) is 0 Å². The molecule has 2 fully saturated rings. The smallest absolute Gasteiger partial charge is 0.232 e. The van der Waals surface area contributed by atoms with Crippen LogP contribution in [0.3, 0.4) is 0 Å². The van der Waals surface area contributed by atoms with Gasteiger partial charge in [-0.2, -0.15) is 9.97 Å². The predicted molar refractivity (Wildman–Crippen MR) is 151 cm³/mol. The van der Waals surface area contributed by atoms with Crippen molar-refractivity contribution >= 4 is 34.9 Å². The number of nitrogens with zero attached hydrogens (tertiary/aromatic N) is 4. The van der Waals surface area contributed by atoms with Gasteiger partial charge >= 0.3 is 0 Å². The zero-order valence-corrected chi connectivity index (χ0v) is 22.1. The summed E-state index contributed by atoms with van der Waals surface area (Å²) in [6.45, 7) is 8.17. The Morgan fingerprint density at radius 2 is 1.83 bits per heavy atom. The standard InChI is InChI=1S/C28H36N6OS/c1-20-9-8-15-33(19-20)25-17-26(34-16-7-6-10-21(34)2)31-27(30-25)32-28(36)29-18-23-13-14-24(35-23)22-11-4-3-5-12-22/h3-5,11-14,17,20-21H,6-10,15-16,18-19H2,1-2H3,(H2,29,30,31,32,36)/t20-,21-/m0/s1. The number of furan rings is 1. The molecule has 190 valence electrons. The first kappa shape index (κ1) is 24.6. The maximum Gasteiger partial charge on any atom is 0.232 e. The third-order valence-corrected chi connectivity index (χ3v) is 7.39. The zero-order chi connectivity index (χ0) is 24.9. The Morgan fingerprint density at radius 3 is 2.64 bits per heavy atom. The van der Waals surface area contributed by atoms with Crippen LogP contribution in [0.25, 0.3) is 11.3 Å². The minimum Gasteiger partial charge on any atom is -0.459 e. The molecular formula is C28H36N6OS. The van der Waals surface area contributed by atoms with E-state index in [1.165, 1.54) is 32.1 Å². The molecule has 2 saturated heterocycles. The Kier molecular flexibility index (Phi) is 7.70. The number of hydrogen-bond donors (Lipinski definition) is 2. The summed E-state index contributed by atoms with van der Waals surface area (Å²) in [4.78, 5) is 14.6. The molecule has 2 aliphatic heterocycles. The van der Waals surface area contributed by atoms with E-state index in [9.17, 15) is 0 Å². The number of nitrogens with one attached hydrogen (secondary N) is 2. The van der Waals surface area contributed by atoms with Crippen LogP contribution < -0.4 is 20.4 Å². The van der Waals surface area contributed by atoms with E-state index in [4.69, 9.17) is 26.6 Å². The molecule has 2 aliphatic rings. The second kappa shape index (κ2) is 11.3. The number of thiocarbonyl (C=S) groups is 1. The SMILES string of the molecule is C[C@H]1CCCN(c2cc(N3CCCC[C@@H]3C)nc(NC(=S)NCc3ccc(-c4ccccc4)o3)n2)C1. The fourth-order valence-corrected chi connectivity index (χ4v) is 5.33. The molecule has 0 amide bonds. The number of rotatable bonds is 6. The van der Waals surface area contributed by atoms with E-state index in [0.29, 0.717) is 29.6 Å². The van der Waals surface area contributed by atoms with Crippen molar-refractivity contribution in [1.82, 2.24) is 15.3 Å². The molecule has 2 N–H and O–H groups in total. The first-order valence-corrected chi connectivity index (χ1v) is 13.6. The summed E-state index contributed by atoms with van der Waals surface area (Å²) in [5.74, 6) is 4.83. The minimum atomic E-state index is 0.470. The van der Waals surface area contributed by atoms with Crippen molar-refractivity contribution in [2.45, 2.75) is 58.5 Å². The summed E-state index contributed by atoms with van der Waals surface area (Å²) < 4.78 is 5.99. The Balaban J connectivity index is 1.29. The van der Waals surface area contributed by atoms with Gasteiger partial charge in [-0.05, 0) is 69.3 Å². The van der Waals surface area contributed by atoms with Crippen LogP contribution in [-0.4, -0.2) is 40.8 Å². The van der Waals surface area contributed by atoms with Gasteiger partial charge in [-0.3, -0.25) is 0 Å². The summed E-state index contributed by atoms with van der Waals surface area (Å²) >= 11 is 5.61. The van der Waals surface area contributed by atoms with Gasteiger partial charge in [0.1, 0.15) is 23.2 Å². The van der Waals surface area contributed by atoms with Crippen molar-refractivity contribution in [1.29, 1.82) is 0 Å². The monoisotopic (exact) mass is 504 g/mol. The van der Waals surface area contributed by atoms with Crippen LogP contribution in [-0.2, 0) is 6.54 Å². The number of aromatic nitrogens is 2. The molecule has 5 rings (SSSR count). The lowest BCUT2D eigenvalue weighted by atomic mass is 10.0. The van der Waals surface area contributed by atoms with E-state index in [1.807, 2.05) is 42.5 Å². The van der Waals surface area contributed by atoms with Gasteiger partial charge in [0.2, 0.25) is 5.95 Å². The lowest BCUT2D eigenvalue weighted by Crippen LogP contribution is -2.39. The largest absolute Gasteiger partial charge is 0.459 e. The van der Waals surface area contributed by atoms with Crippen LogP contribution in [0.4, 0.5) is 17.6 Å². The highest BCUT2D eigenvalue weighted by atomic mass is 32.1. The summed E-state index contributed by atoms with van der Waals surface area (Å²) in [7, 11) is 0. The molecular weight excluding hydrogens is 468 g/mol. The van der Waals surface area contributed by atoms with E-state index < -0.39 is 0 Å². The van der Waals surface area contributed by atoms with Gasteiger partial charge in [0.25, 0.3) is 0 Å². The van der Waals surface area contributed by atoms with Crippen LogP contribution in [0.1, 0.15) is 51.7 Å². The molecule has 2 aromatic heterocycles. The summed E-state index contributed by atoms with van der Waals surface area (Å²) in [6.07, 6.45) is 6.13. The van der Waals surface area contributed by atoms with Gasteiger partial charge < -0.3 is 24.9 Å². The van der Waals surface area contributed by atoms with Crippen molar-refractivity contribution in [3.63, 3.8) is 0 Å². The Hall–Kier alpha value is -3.13. The molecule has 3 aromatic rings. The van der Waals surface area contributed by atoms with Gasteiger partial charge in [-0.1, -0.05) is 37.3 Å². The molecule has 0 saturated carbocycles. The number of anilines is 3. The van der Waals surface area contributed by atoms with E-state index in [1.54, 1.807) is 0 Å². The van der Waals surface area contributed by atoms with Gasteiger partial charge in [0, 0.05) is 37.3 Å². The maximum absolute atomic E-state index is 5.99. The molecule has 0 bridgehead atoms. The van der Waals surface area contributed by atoms with Gasteiger partial charge in [-0.25, -0.2) is 0 Å². The normalized spacial score (nSPS) is 20.3. The fraction of sp³-hybridized carbons (Fsp3) is 0.464. The van der Waals surface area contributed by atoms with E-state index in [0.717, 1.165) is 48.4 Å². The quantitative estimate of drug-likeness (QED) is 0.406. The fourth-order valence-electron chi connectivity index (χ4n) is 5.17. The zero-order valence-electron chi connectivity index (χ0n) is 21.2. The summed E-state index contributed by atoms with van der Waals surface area (Å²) in [5.41, 5.74) is 1.06. The highest BCUT2D eigenvalue weighted by molar-refractivity contribution is 7.80. The van der Waals surface area contributed by atoms with E-state index in [2.05, 4.69) is 40.3 Å². The van der Waals surface area contributed by atoms with Crippen LogP contribution in [0, 0.1) is 5.92 Å². The van der Waals surface area contributed by atoms with E-state index in [-0.39, 0.29) is 0 Å². The maximum atomic E-state index is 5.99. The van der Waals surface area contributed by atoms with Crippen LogP contribution >= 0.6 is 12.2 Å². The predicted octanol–water partition coefficient (Wildman–Crippen LogP) is 5.84. The highest BCUT2D eigenvalue weighted by Crippen LogP contribution is 2.29. The third-order valence-electron chi connectivity index (χ3n) is 7.15. The molecule has 8 heteroatoms. The van der Waals surface area contributed by atoms with Crippen LogP contribution in [0.15, 0.2) is 52.9 Å². The van der Waals surface area contributed by atoms with E-state index >= 15 is 0 Å². The molecule has 1 aromatic carbocycles. The Bertz CT molecular complexity index is 1170. The molecule has 36 heavy (non-hydrogen) atoms. The first-order chi connectivity index (χ1) is 17.5. The molecule has 0 radical (unpaired) electrons. The molecule has 7 nitrogen and oxygen atoms in total. The minimum absolute atomic E-state index is 0.470. The lowest BCUT2D eigenvalue weighted by molar-refractivity contribution is 0.444. The first-order valence-electron chi connectivity index (χ1n) is 13.1. The Labute approximate surface area is 219 Å². The molecule has 0 unspecified atom stereocenters. The molecule has 0 spiro atoms. The van der Waals surface area contributed by atoms with Crippen molar-refractivity contribution < 1.29 is 4.42 Å². The van der Waals surface area contributed by atoms with Crippen molar-refractivity contribution in [3.8, 4) is 11.3 Å². The molecule has 4 heterocycles. The number of benzene rings is 1. The van der Waals surface area contributed by atoms with Gasteiger partial charge in [0.15, 0.2) is 5.11 Å². The van der Waals surface area contributed by atoms with Crippen LogP contribution in [0.2, 0.25) is 0 Å². The van der Waals surface area contributed by atoms with Gasteiger partial charge in [0.05, 0.1) is 6.54 Å². The third kappa shape index (κ3) is 5.98. The lowest BCUT2D eigenvalue weighted by Gasteiger charge is -2.36. The Morgan fingerprint density at radius 1 is 1.00 bits per heavy atom. The second-order valence-electron chi connectivity index (χ2n) is 10.1. The molecule has 0 aliphatic carbocycles.